The van der Waals surface area contributed by atoms with E-state index >= 15 is 0 Å². The lowest BCUT2D eigenvalue weighted by Crippen LogP contribution is -2.12. The molecular weight excluding hydrogens is 225 g/mol. The van der Waals surface area contributed by atoms with Crippen molar-refractivity contribution in [2.75, 3.05) is 6.26 Å². The Morgan fingerprint density at radius 2 is 2.19 bits per heavy atom. The number of hydrogen-bond donors (Lipinski definition) is 1. The second-order valence-corrected chi connectivity index (χ2v) is 3.99. The number of halogens is 1. The Morgan fingerprint density at radius 3 is 2.75 bits per heavy atom. The van der Waals surface area contributed by atoms with Gasteiger partial charge in [-0.15, -0.1) is 0 Å². The fraction of sp³-hybridized carbons (Fsp3) is 0.273. The number of nitrogens with one attached hydrogen (secondary N) is 1. The summed E-state index contributed by atoms with van der Waals surface area (Å²) in [5.74, 6) is -0.251. The van der Waals surface area contributed by atoms with Crippen LogP contribution in [0, 0.1) is 31.1 Å². The molecule has 16 heavy (non-hydrogen) atoms. The van der Waals surface area contributed by atoms with Crippen LogP contribution in [0.5, 0.6) is 0 Å². The second kappa shape index (κ2) is 5.52. The van der Waals surface area contributed by atoms with Crippen molar-refractivity contribution in [2.24, 2.45) is 4.99 Å². The molecule has 0 spiro atoms. The van der Waals surface area contributed by atoms with Crippen molar-refractivity contribution >= 4 is 22.6 Å². The number of benzene rings is 1. The topological polar surface area (TPSA) is 48.2 Å². The van der Waals surface area contributed by atoms with Crippen molar-refractivity contribution in [3.05, 3.63) is 29.1 Å². The molecule has 0 amide bonds. The molecule has 84 valence electrons. The predicted octanol–water partition coefficient (Wildman–Crippen LogP) is 2.86. The molecule has 0 fully saturated rings. The molecule has 3 nitrogen and oxygen atoms in total. The zero-order valence-corrected chi connectivity index (χ0v) is 10.2. The number of aliphatic imine (C=N–C) groups is 1. The van der Waals surface area contributed by atoms with Crippen LogP contribution in [0.3, 0.4) is 0 Å². The van der Waals surface area contributed by atoms with Crippen LogP contribution >= 0.6 is 11.8 Å². The molecule has 1 N–H and O–H groups in total. The minimum Gasteiger partial charge on any atom is -0.271 e. The van der Waals surface area contributed by atoms with Crippen LogP contribution in [0.15, 0.2) is 17.1 Å². The van der Waals surface area contributed by atoms with Crippen molar-refractivity contribution < 1.29 is 4.39 Å². The van der Waals surface area contributed by atoms with Crippen LogP contribution < -0.4 is 5.32 Å². The molecule has 1 rings (SSSR count). The quantitative estimate of drug-likeness (QED) is 0.353. The largest absolute Gasteiger partial charge is 0.271 e. The normalized spacial score (nSPS) is 11.1. The summed E-state index contributed by atoms with van der Waals surface area (Å²) in [6.07, 6.45) is 3.58. The molecule has 0 unspecified atom stereocenters. The SMILES string of the molecule is CSC(=Nc1ccc(C)c(F)c1C)NC#N. The van der Waals surface area contributed by atoms with Gasteiger partial charge in [-0.25, -0.2) is 9.38 Å². The zero-order valence-electron chi connectivity index (χ0n) is 9.34. The van der Waals surface area contributed by atoms with E-state index in [0.717, 1.165) is 0 Å². The van der Waals surface area contributed by atoms with E-state index in [1.165, 1.54) is 11.8 Å². The van der Waals surface area contributed by atoms with Gasteiger partial charge in [0.1, 0.15) is 5.82 Å². The lowest BCUT2D eigenvalue weighted by Gasteiger charge is -2.06. The molecule has 0 atom stereocenters. The summed E-state index contributed by atoms with van der Waals surface area (Å²) in [7, 11) is 0. The van der Waals surface area contributed by atoms with Gasteiger partial charge in [-0.2, -0.15) is 5.26 Å². The highest BCUT2D eigenvalue weighted by Crippen LogP contribution is 2.24. The van der Waals surface area contributed by atoms with Gasteiger partial charge in [0.25, 0.3) is 0 Å². The molecule has 0 saturated heterocycles. The maximum Gasteiger partial charge on any atom is 0.183 e. The van der Waals surface area contributed by atoms with E-state index in [1.807, 2.05) is 0 Å². The van der Waals surface area contributed by atoms with Gasteiger partial charge in [0.15, 0.2) is 11.4 Å². The van der Waals surface area contributed by atoms with Crippen LogP contribution in [0.2, 0.25) is 0 Å². The zero-order chi connectivity index (χ0) is 12.1. The molecule has 0 aliphatic rings. The second-order valence-electron chi connectivity index (χ2n) is 3.20. The first-order chi connectivity index (χ1) is 7.60. The fourth-order valence-corrected chi connectivity index (χ4v) is 1.55. The van der Waals surface area contributed by atoms with Gasteiger partial charge < -0.3 is 0 Å². The number of rotatable bonds is 1. The number of nitriles is 1. The fourth-order valence-electron chi connectivity index (χ4n) is 1.21. The highest BCUT2D eigenvalue weighted by molar-refractivity contribution is 8.13. The first-order valence-electron chi connectivity index (χ1n) is 4.63. The Morgan fingerprint density at radius 1 is 1.50 bits per heavy atom. The predicted molar refractivity (Wildman–Crippen MR) is 65.2 cm³/mol. The van der Waals surface area contributed by atoms with Crippen molar-refractivity contribution in [1.29, 1.82) is 5.26 Å². The maximum absolute atomic E-state index is 13.6. The lowest BCUT2D eigenvalue weighted by atomic mass is 10.1. The summed E-state index contributed by atoms with van der Waals surface area (Å²) in [4.78, 5) is 4.17. The van der Waals surface area contributed by atoms with Crippen molar-refractivity contribution in [3.8, 4) is 6.19 Å². The summed E-state index contributed by atoms with van der Waals surface area (Å²) < 4.78 is 13.6. The summed E-state index contributed by atoms with van der Waals surface area (Å²) in [5, 5.41) is 11.4. The monoisotopic (exact) mass is 237 g/mol. The van der Waals surface area contributed by atoms with Crippen LogP contribution in [-0.4, -0.2) is 11.4 Å². The maximum atomic E-state index is 13.6. The molecule has 0 aliphatic heterocycles. The lowest BCUT2D eigenvalue weighted by molar-refractivity contribution is 0.610. The Labute approximate surface area is 98.4 Å². The van der Waals surface area contributed by atoms with Crippen LogP contribution in [0.25, 0.3) is 0 Å². The van der Waals surface area contributed by atoms with E-state index in [9.17, 15) is 4.39 Å². The number of amidine groups is 1. The molecule has 1 aromatic rings. The molecule has 0 aromatic heterocycles. The molecule has 0 aliphatic carbocycles. The van der Waals surface area contributed by atoms with E-state index in [-0.39, 0.29) is 5.82 Å². The van der Waals surface area contributed by atoms with E-state index in [4.69, 9.17) is 5.26 Å². The van der Waals surface area contributed by atoms with Crippen LogP contribution in [-0.2, 0) is 0 Å². The van der Waals surface area contributed by atoms with Crippen molar-refractivity contribution in [2.45, 2.75) is 13.8 Å². The van der Waals surface area contributed by atoms with Crippen molar-refractivity contribution in [1.82, 2.24) is 5.32 Å². The van der Waals surface area contributed by atoms with Gasteiger partial charge in [0.2, 0.25) is 0 Å². The minimum absolute atomic E-state index is 0.251. The molecule has 5 heteroatoms. The molecule has 1 aromatic carbocycles. The summed E-state index contributed by atoms with van der Waals surface area (Å²) >= 11 is 1.30. The van der Waals surface area contributed by atoms with E-state index in [2.05, 4.69) is 10.3 Å². The van der Waals surface area contributed by atoms with E-state index in [1.54, 1.807) is 38.4 Å². The molecule has 0 radical (unpaired) electrons. The number of thioether (sulfide) groups is 1. The van der Waals surface area contributed by atoms with Crippen LogP contribution in [0.1, 0.15) is 11.1 Å². The smallest absolute Gasteiger partial charge is 0.183 e. The van der Waals surface area contributed by atoms with E-state index in [0.29, 0.717) is 22.0 Å². The van der Waals surface area contributed by atoms with Gasteiger partial charge in [-0.3, -0.25) is 5.32 Å². The number of nitrogens with zero attached hydrogens (tertiary/aromatic N) is 2. The van der Waals surface area contributed by atoms with Gasteiger partial charge in [0, 0.05) is 5.56 Å². The average molecular weight is 237 g/mol. The highest BCUT2D eigenvalue weighted by Gasteiger charge is 2.07. The third-order valence-electron chi connectivity index (χ3n) is 2.13. The Kier molecular flexibility index (Phi) is 4.32. The number of aryl methyl sites for hydroxylation is 1. The van der Waals surface area contributed by atoms with E-state index < -0.39 is 0 Å². The third kappa shape index (κ3) is 2.74. The Bertz CT molecular complexity index is 463. The molecule has 0 bridgehead atoms. The van der Waals surface area contributed by atoms with Gasteiger partial charge in [-0.05, 0) is 31.7 Å². The first kappa shape index (κ1) is 12.5. The van der Waals surface area contributed by atoms with Crippen LogP contribution in [0.4, 0.5) is 10.1 Å². The minimum atomic E-state index is -0.251. The van der Waals surface area contributed by atoms with Gasteiger partial charge in [0.05, 0.1) is 5.69 Å². The first-order valence-corrected chi connectivity index (χ1v) is 5.86. The molecule has 0 saturated carbocycles. The molecular formula is C11H12FN3S. The average Bonchev–Trinajstić information content (AvgIpc) is 2.29. The van der Waals surface area contributed by atoms with Crippen molar-refractivity contribution in [3.63, 3.8) is 0 Å². The van der Waals surface area contributed by atoms with Gasteiger partial charge >= 0.3 is 0 Å². The summed E-state index contributed by atoms with van der Waals surface area (Å²) in [6.45, 7) is 3.38. The Hall–Kier alpha value is -1.54. The highest BCUT2D eigenvalue weighted by atomic mass is 32.2. The third-order valence-corrected chi connectivity index (χ3v) is 2.71. The molecule has 0 heterocycles. The number of hydrogen-bond acceptors (Lipinski definition) is 3. The van der Waals surface area contributed by atoms with Gasteiger partial charge in [-0.1, -0.05) is 17.8 Å². The standard InChI is InChI=1S/C11H12FN3S/c1-7-4-5-9(8(2)10(7)12)15-11(16-3)14-6-13/h4-5H,1-3H3,(H,14,15). The summed E-state index contributed by atoms with van der Waals surface area (Å²) in [6, 6.07) is 3.41. The summed E-state index contributed by atoms with van der Waals surface area (Å²) in [5.41, 5.74) is 1.62. The Balaban J connectivity index is 3.15.